The van der Waals surface area contributed by atoms with Gasteiger partial charge in [-0.05, 0) is 17.7 Å². The molecule has 1 aromatic carbocycles. The van der Waals surface area contributed by atoms with Crippen LogP contribution in [0.1, 0.15) is 11.1 Å². The topological polar surface area (TPSA) is 71.6 Å². The maximum atomic E-state index is 11.4. The molecule has 0 N–H and O–H groups in total. The highest BCUT2D eigenvalue weighted by molar-refractivity contribution is 9.10. The van der Waals surface area contributed by atoms with E-state index in [0.29, 0.717) is 17.3 Å². The Morgan fingerprint density at radius 3 is 2.94 bits per heavy atom. The van der Waals surface area contributed by atoms with Gasteiger partial charge in [0.05, 0.1) is 29.0 Å². The largest absolute Gasteiger partial charge is 0.302 e. The molecule has 0 fully saturated rings. The van der Waals surface area contributed by atoms with Crippen LogP contribution in [0, 0.1) is 11.3 Å². The van der Waals surface area contributed by atoms with Crippen LogP contribution < -0.4 is 0 Å². The van der Waals surface area contributed by atoms with Gasteiger partial charge >= 0.3 is 0 Å². The number of aromatic nitrogens is 3. The molecule has 0 amide bonds. The van der Waals surface area contributed by atoms with E-state index >= 15 is 0 Å². The molecule has 1 atom stereocenters. The summed E-state index contributed by atoms with van der Waals surface area (Å²) in [5.74, 6) is 0. The summed E-state index contributed by atoms with van der Waals surface area (Å²) in [7, 11) is -1.17. The van der Waals surface area contributed by atoms with Crippen molar-refractivity contribution in [1.29, 1.82) is 5.26 Å². The molecular formula is C11H9BrN4OS. The highest BCUT2D eigenvalue weighted by Crippen LogP contribution is 2.20. The molecule has 0 radical (unpaired) electrons. The summed E-state index contributed by atoms with van der Waals surface area (Å²) in [6.45, 7) is 0.508. The van der Waals surface area contributed by atoms with Crippen molar-refractivity contribution in [2.24, 2.45) is 0 Å². The van der Waals surface area contributed by atoms with Crippen LogP contribution in [0.3, 0.4) is 0 Å². The molecule has 0 saturated carbocycles. The number of rotatable bonds is 3. The third-order valence-electron chi connectivity index (χ3n) is 2.36. The van der Waals surface area contributed by atoms with Crippen LogP contribution in [-0.2, 0) is 17.3 Å². The van der Waals surface area contributed by atoms with Crippen molar-refractivity contribution >= 4 is 26.7 Å². The molecule has 2 aromatic rings. The minimum atomic E-state index is -1.17. The van der Waals surface area contributed by atoms with Crippen molar-refractivity contribution in [3.63, 3.8) is 0 Å². The quantitative estimate of drug-likeness (QED) is 0.861. The first kappa shape index (κ1) is 12.9. The molecule has 92 valence electrons. The van der Waals surface area contributed by atoms with Crippen molar-refractivity contribution in [2.75, 3.05) is 6.26 Å². The van der Waals surface area contributed by atoms with Crippen molar-refractivity contribution in [2.45, 2.75) is 11.7 Å². The highest BCUT2D eigenvalue weighted by atomic mass is 79.9. The zero-order chi connectivity index (χ0) is 13.1. The second-order valence-corrected chi connectivity index (χ2v) is 5.74. The standard InChI is InChI=1S/C11H9BrN4OS/c1-18(17)11-15-14-7-16(11)6-9-3-2-8(5-13)4-10(9)12/h2-4,7H,6H2,1H3/t18-/m0/s1. The Morgan fingerprint density at radius 1 is 1.56 bits per heavy atom. The lowest BCUT2D eigenvalue weighted by molar-refractivity contribution is 0.653. The predicted octanol–water partition coefficient (Wildman–Crippen LogP) is 1.70. The van der Waals surface area contributed by atoms with Gasteiger partial charge < -0.3 is 4.57 Å². The SMILES string of the molecule is C[S@](=O)c1nncn1Cc1ccc(C#N)cc1Br. The zero-order valence-corrected chi connectivity index (χ0v) is 11.9. The van der Waals surface area contributed by atoms with Gasteiger partial charge in [-0.15, -0.1) is 10.2 Å². The number of nitriles is 1. The normalized spacial score (nSPS) is 12.1. The smallest absolute Gasteiger partial charge is 0.221 e. The van der Waals surface area contributed by atoms with E-state index in [1.54, 1.807) is 29.3 Å². The Hall–Kier alpha value is -1.52. The Bertz CT molecular complexity index is 647. The van der Waals surface area contributed by atoms with E-state index in [1.165, 1.54) is 0 Å². The summed E-state index contributed by atoms with van der Waals surface area (Å²) in [5.41, 5.74) is 1.56. The van der Waals surface area contributed by atoms with E-state index < -0.39 is 10.8 Å². The molecule has 5 nitrogen and oxygen atoms in total. The van der Waals surface area contributed by atoms with Crippen LogP contribution in [0.25, 0.3) is 0 Å². The number of benzene rings is 1. The fourth-order valence-electron chi connectivity index (χ4n) is 1.50. The maximum absolute atomic E-state index is 11.4. The van der Waals surface area contributed by atoms with Gasteiger partial charge in [0.15, 0.2) is 0 Å². The average Bonchev–Trinajstić information content (AvgIpc) is 2.80. The summed E-state index contributed by atoms with van der Waals surface area (Å²) >= 11 is 3.41. The van der Waals surface area contributed by atoms with E-state index in [4.69, 9.17) is 5.26 Å². The van der Waals surface area contributed by atoms with Crippen LogP contribution in [0.5, 0.6) is 0 Å². The van der Waals surface area contributed by atoms with Gasteiger partial charge in [0, 0.05) is 10.7 Å². The van der Waals surface area contributed by atoms with Gasteiger partial charge in [-0.3, -0.25) is 4.21 Å². The molecule has 18 heavy (non-hydrogen) atoms. The molecule has 0 bridgehead atoms. The minimum Gasteiger partial charge on any atom is -0.302 e. The lowest BCUT2D eigenvalue weighted by Crippen LogP contribution is -2.05. The molecular weight excluding hydrogens is 316 g/mol. The Balaban J connectivity index is 2.32. The summed E-state index contributed by atoms with van der Waals surface area (Å²) in [6, 6.07) is 7.42. The first-order valence-electron chi connectivity index (χ1n) is 5.01. The van der Waals surface area contributed by atoms with Gasteiger partial charge in [0.25, 0.3) is 0 Å². The van der Waals surface area contributed by atoms with Crippen molar-refractivity contribution < 1.29 is 4.21 Å². The van der Waals surface area contributed by atoms with E-state index in [2.05, 4.69) is 32.2 Å². The monoisotopic (exact) mass is 324 g/mol. The predicted molar refractivity (Wildman–Crippen MR) is 70.3 cm³/mol. The first-order chi connectivity index (χ1) is 8.61. The number of hydrogen-bond donors (Lipinski definition) is 0. The van der Waals surface area contributed by atoms with Crippen LogP contribution in [-0.4, -0.2) is 25.2 Å². The second kappa shape index (κ2) is 5.42. The minimum absolute atomic E-state index is 0.436. The summed E-state index contributed by atoms with van der Waals surface area (Å²) in [4.78, 5) is 0. The molecule has 1 heterocycles. The molecule has 2 rings (SSSR count). The van der Waals surface area contributed by atoms with Crippen molar-refractivity contribution in [3.05, 3.63) is 40.1 Å². The fourth-order valence-corrected chi connectivity index (χ4v) is 2.61. The van der Waals surface area contributed by atoms with Crippen molar-refractivity contribution in [1.82, 2.24) is 14.8 Å². The van der Waals surface area contributed by atoms with Gasteiger partial charge in [0.1, 0.15) is 6.33 Å². The zero-order valence-electron chi connectivity index (χ0n) is 9.50. The first-order valence-corrected chi connectivity index (χ1v) is 7.36. The van der Waals surface area contributed by atoms with E-state index in [0.717, 1.165) is 10.0 Å². The highest BCUT2D eigenvalue weighted by Gasteiger charge is 2.10. The Labute approximate surface area is 115 Å². The van der Waals surface area contributed by atoms with Crippen LogP contribution in [0.2, 0.25) is 0 Å². The average molecular weight is 325 g/mol. The van der Waals surface area contributed by atoms with Crippen LogP contribution in [0.4, 0.5) is 0 Å². The third kappa shape index (κ3) is 2.66. The summed E-state index contributed by atoms with van der Waals surface area (Å²) in [5, 5.41) is 16.8. The van der Waals surface area contributed by atoms with Gasteiger partial charge in [0.2, 0.25) is 5.16 Å². The summed E-state index contributed by atoms with van der Waals surface area (Å²) < 4.78 is 14.0. The maximum Gasteiger partial charge on any atom is 0.221 e. The third-order valence-corrected chi connectivity index (χ3v) is 3.93. The van der Waals surface area contributed by atoms with Crippen LogP contribution >= 0.6 is 15.9 Å². The van der Waals surface area contributed by atoms with Gasteiger partial charge in [-0.1, -0.05) is 22.0 Å². The van der Waals surface area contributed by atoms with E-state index in [-0.39, 0.29) is 0 Å². The molecule has 0 unspecified atom stereocenters. The molecule has 0 aliphatic rings. The number of halogens is 1. The van der Waals surface area contributed by atoms with Gasteiger partial charge in [-0.25, -0.2) is 0 Å². The summed E-state index contributed by atoms with van der Waals surface area (Å²) in [6.07, 6.45) is 3.11. The fraction of sp³-hybridized carbons (Fsp3) is 0.182. The molecule has 7 heteroatoms. The van der Waals surface area contributed by atoms with Gasteiger partial charge in [-0.2, -0.15) is 5.26 Å². The second-order valence-electron chi connectivity index (χ2n) is 3.61. The molecule has 0 aliphatic heterocycles. The Morgan fingerprint density at radius 2 is 2.33 bits per heavy atom. The lowest BCUT2D eigenvalue weighted by Gasteiger charge is -2.07. The molecule has 0 spiro atoms. The number of nitrogens with zero attached hydrogens (tertiary/aromatic N) is 4. The van der Waals surface area contributed by atoms with E-state index in [9.17, 15) is 4.21 Å². The molecule has 0 aliphatic carbocycles. The lowest BCUT2D eigenvalue weighted by atomic mass is 10.1. The van der Waals surface area contributed by atoms with E-state index in [1.807, 2.05) is 6.07 Å². The number of hydrogen-bond acceptors (Lipinski definition) is 4. The molecule has 0 saturated heterocycles. The molecule has 1 aromatic heterocycles. The van der Waals surface area contributed by atoms with Crippen molar-refractivity contribution in [3.8, 4) is 6.07 Å². The van der Waals surface area contributed by atoms with Crippen LogP contribution in [0.15, 0.2) is 34.2 Å². The Kier molecular flexibility index (Phi) is 3.89.